The number of aryl methyl sites for hydroxylation is 2. The fraction of sp³-hybridized carbons (Fsp3) is 0.538. The van der Waals surface area contributed by atoms with Crippen molar-refractivity contribution in [2.75, 3.05) is 0 Å². The number of unbranched alkanes of at least 4 members (excludes halogenated alkanes) is 8. The Kier molecular flexibility index (Phi) is 15.8. The van der Waals surface area contributed by atoms with E-state index in [0.29, 0.717) is 5.46 Å². The fourth-order valence-corrected chi connectivity index (χ4v) is 3.64. The molecule has 0 atom stereocenters. The summed E-state index contributed by atoms with van der Waals surface area (Å²) in [6.45, 7) is 4.48. The molecule has 0 amide bonds. The molecular weight excluding hydrogens is 435 g/mol. The van der Waals surface area contributed by atoms with Crippen LogP contribution in [0.15, 0.2) is 53.0 Å². The second-order valence-corrected chi connectivity index (χ2v) is 8.99. The van der Waals surface area contributed by atoms with Gasteiger partial charge in [0.15, 0.2) is 0 Å². The first-order valence-corrected chi connectivity index (χ1v) is 12.6. The van der Waals surface area contributed by atoms with Crippen molar-refractivity contribution in [1.82, 2.24) is 0 Å². The molecule has 0 spiro atoms. The molecule has 0 aliphatic heterocycles. The third-order valence-electron chi connectivity index (χ3n) is 5.33. The molecule has 0 heterocycles. The van der Waals surface area contributed by atoms with Crippen LogP contribution < -0.4 is 5.46 Å². The summed E-state index contributed by atoms with van der Waals surface area (Å²) in [4.78, 5) is 0. The van der Waals surface area contributed by atoms with Gasteiger partial charge in [-0.15, -0.1) is 0 Å². The van der Waals surface area contributed by atoms with Crippen molar-refractivity contribution in [2.45, 2.75) is 90.9 Å². The van der Waals surface area contributed by atoms with Crippen LogP contribution in [0.1, 0.15) is 89.2 Å². The highest BCUT2D eigenvalue weighted by Crippen LogP contribution is 2.13. The molecule has 166 valence electrons. The maximum atomic E-state index is 8.94. The smallest absolute Gasteiger partial charge is 0.423 e. The molecular formula is C26H40BBrO2. The SMILES string of the molecule is CCCCCCCc1ccc(B(O)O)cc1.CCCCCCCc1ccc(Br)cc1. The summed E-state index contributed by atoms with van der Waals surface area (Å²) >= 11 is 3.45. The molecule has 0 radical (unpaired) electrons. The summed E-state index contributed by atoms with van der Waals surface area (Å²) in [6.07, 6.45) is 15.6. The minimum Gasteiger partial charge on any atom is -0.423 e. The van der Waals surface area contributed by atoms with Crippen LogP contribution in [0.25, 0.3) is 0 Å². The molecule has 30 heavy (non-hydrogen) atoms. The van der Waals surface area contributed by atoms with Gasteiger partial charge in [-0.25, -0.2) is 0 Å². The number of benzene rings is 2. The van der Waals surface area contributed by atoms with Gasteiger partial charge in [-0.05, 0) is 54.4 Å². The molecule has 2 nitrogen and oxygen atoms in total. The van der Waals surface area contributed by atoms with Gasteiger partial charge in [-0.1, -0.05) is 118 Å². The minimum absolute atomic E-state index is 0.565. The summed E-state index contributed by atoms with van der Waals surface area (Å²) in [5, 5.41) is 17.9. The van der Waals surface area contributed by atoms with Crippen molar-refractivity contribution in [3.05, 3.63) is 64.1 Å². The van der Waals surface area contributed by atoms with Crippen molar-refractivity contribution in [3.8, 4) is 0 Å². The molecule has 0 saturated heterocycles. The highest BCUT2D eigenvalue weighted by atomic mass is 79.9. The van der Waals surface area contributed by atoms with Gasteiger partial charge in [0, 0.05) is 4.47 Å². The Morgan fingerprint density at radius 1 is 0.600 bits per heavy atom. The largest absolute Gasteiger partial charge is 0.488 e. The van der Waals surface area contributed by atoms with Crippen molar-refractivity contribution < 1.29 is 10.0 Å². The second kappa shape index (κ2) is 17.6. The van der Waals surface area contributed by atoms with Gasteiger partial charge in [0.2, 0.25) is 0 Å². The molecule has 0 bridgehead atoms. The van der Waals surface area contributed by atoms with Crippen LogP contribution in [-0.4, -0.2) is 17.2 Å². The van der Waals surface area contributed by atoms with Crippen molar-refractivity contribution in [1.29, 1.82) is 0 Å². The van der Waals surface area contributed by atoms with E-state index >= 15 is 0 Å². The van der Waals surface area contributed by atoms with E-state index in [1.54, 1.807) is 12.1 Å². The van der Waals surface area contributed by atoms with E-state index in [1.165, 1.54) is 86.2 Å². The Hall–Kier alpha value is -1.10. The van der Waals surface area contributed by atoms with Crippen LogP contribution in [-0.2, 0) is 12.8 Å². The quantitative estimate of drug-likeness (QED) is 0.246. The van der Waals surface area contributed by atoms with Crippen molar-refractivity contribution >= 4 is 28.5 Å². The van der Waals surface area contributed by atoms with Gasteiger partial charge in [0.25, 0.3) is 0 Å². The molecule has 4 heteroatoms. The third-order valence-corrected chi connectivity index (χ3v) is 5.86. The molecule has 2 rings (SSSR count). The van der Waals surface area contributed by atoms with E-state index in [0.717, 1.165) is 6.42 Å². The standard InChI is InChI=1S/C13H21BO2.C13H19Br/c1-2-3-4-5-6-7-12-8-10-13(11-9-12)14(15)16;1-2-3-4-5-6-7-12-8-10-13(14)11-9-12/h8-11,15-16H,2-7H2,1H3;8-11H,2-7H2,1H3. The van der Waals surface area contributed by atoms with Gasteiger partial charge in [-0.2, -0.15) is 0 Å². The van der Waals surface area contributed by atoms with E-state index in [9.17, 15) is 0 Å². The summed E-state index contributed by atoms with van der Waals surface area (Å²) in [6, 6.07) is 16.2. The zero-order chi connectivity index (χ0) is 22.0. The monoisotopic (exact) mass is 474 g/mol. The normalized spacial score (nSPS) is 10.4. The van der Waals surface area contributed by atoms with Gasteiger partial charge < -0.3 is 10.0 Å². The lowest BCUT2D eigenvalue weighted by atomic mass is 9.80. The topological polar surface area (TPSA) is 40.5 Å². The Morgan fingerprint density at radius 3 is 1.40 bits per heavy atom. The maximum absolute atomic E-state index is 8.94. The number of hydrogen-bond donors (Lipinski definition) is 2. The first kappa shape index (κ1) is 26.9. The van der Waals surface area contributed by atoms with Crippen LogP contribution in [0.4, 0.5) is 0 Å². The molecule has 2 N–H and O–H groups in total. The second-order valence-electron chi connectivity index (χ2n) is 8.07. The van der Waals surface area contributed by atoms with E-state index in [1.807, 2.05) is 12.1 Å². The molecule has 2 aromatic carbocycles. The van der Waals surface area contributed by atoms with Crippen LogP contribution in [0.5, 0.6) is 0 Å². The average molecular weight is 475 g/mol. The zero-order valence-corrected chi connectivity index (χ0v) is 20.5. The molecule has 0 aromatic heterocycles. The molecule has 0 fully saturated rings. The van der Waals surface area contributed by atoms with Crippen LogP contribution in [0.3, 0.4) is 0 Å². The summed E-state index contributed by atoms with van der Waals surface area (Å²) in [5.41, 5.74) is 3.31. The lowest BCUT2D eigenvalue weighted by Crippen LogP contribution is -2.29. The predicted octanol–water partition coefficient (Wildman–Crippen LogP) is 6.84. The van der Waals surface area contributed by atoms with Crippen LogP contribution in [0.2, 0.25) is 0 Å². The van der Waals surface area contributed by atoms with E-state index < -0.39 is 7.12 Å². The molecule has 0 aliphatic carbocycles. The Balaban J connectivity index is 0.000000303. The van der Waals surface area contributed by atoms with Gasteiger partial charge >= 0.3 is 7.12 Å². The van der Waals surface area contributed by atoms with Gasteiger partial charge in [-0.3, -0.25) is 0 Å². The van der Waals surface area contributed by atoms with Crippen LogP contribution in [0, 0.1) is 0 Å². The summed E-state index contributed by atoms with van der Waals surface area (Å²) in [7, 11) is -1.35. The Morgan fingerprint density at radius 2 is 1.00 bits per heavy atom. The molecule has 2 aromatic rings. The van der Waals surface area contributed by atoms with Crippen molar-refractivity contribution in [3.63, 3.8) is 0 Å². The summed E-state index contributed by atoms with van der Waals surface area (Å²) < 4.78 is 1.17. The highest BCUT2D eigenvalue weighted by molar-refractivity contribution is 9.10. The number of hydrogen-bond acceptors (Lipinski definition) is 2. The molecule has 0 aliphatic rings. The average Bonchev–Trinajstić information content (AvgIpc) is 2.75. The number of halogens is 1. The fourth-order valence-electron chi connectivity index (χ4n) is 3.37. The van der Waals surface area contributed by atoms with E-state index in [-0.39, 0.29) is 0 Å². The Bertz CT molecular complexity index is 641. The minimum atomic E-state index is -1.35. The predicted molar refractivity (Wildman–Crippen MR) is 135 cm³/mol. The zero-order valence-electron chi connectivity index (χ0n) is 19.0. The maximum Gasteiger partial charge on any atom is 0.488 e. The first-order valence-electron chi connectivity index (χ1n) is 11.8. The molecule has 0 saturated carbocycles. The lowest BCUT2D eigenvalue weighted by molar-refractivity contribution is 0.426. The molecule has 0 unspecified atom stereocenters. The van der Waals surface area contributed by atoms with Crippen molar-refractivity contribution in [2.24, 2.45) is 0 Å². The summed E-state index contributed by atoms with van der Waals surface area (Å²) in [5.74, 6) is 0. The third kappa shape index (κ3) is 13.3. The lowest BCUT2D eigenvalue weighted by Gasteiger charge is -2.03. The Labute approximate surface area is 193 Å². The van der Waals surface area contributed by atoms with E-state index in [4.69, 9.17) is 10.0 Å². The van der Waals surface area contributed by atoms with Crippen LogP contribution >= 0.6 is 15.9 Å². The van der Waals surface area contributed by atoms with E-state index in [2.05, 4.69) is 54.0 Å². The number of rotatable bonds is 13. The first-order chi connectivity index (χ1) is 14.6. The van der Waals surface area contributed by atoms with Gasteiger partial charge in [0.1, 0.15) is 0 Å². The highest BCUT2D eigenvalue weighted by Gasteiger charge is 2.09. The van der Waals surface area contributed by atoms with Gasteiger partial charge in [0.05, 0.1) is 0 Å².